The Morgan fingerprint density at radius 1 is 1.19 bits per heavy atom. The van der Waals surface area contributed by atoms with Crippen LogP contribution in [-0.2, 0) is 14.8 Å². The molecule has 0 aromatic heterocycles. The molecule has 164 valence electrons. The third kappa shape index (κ3) is 5.69. The molecule has 31 heavy (non-hydrogen) atoms. The highest BCUT2D eigenvalue weighted by atomic mass is 32.2. The van der Waals surface area contributed by atoms with Crippen molar-refractivity contribution in [2.24, 2.45) is 5.92 Å². The first-order valence-electron chi connectivity index (χ1n) is 9.86. The Kier molecular flexibility index (Phi) is 7.06. The average molecular weight is 446 g/mol. The lowest BCUT2D eigenvalue weighted by Gasteiger charge is -2.32. The van der Waals surface area contributed by atoms with Crippen molar-refractivity contribution in [1.29, 1.82) is 0 Å². The van der Waals surface area contributed by atoms with Crippen molar-refractivity contribution in [2.45, 2.75) is 17.7 Å². The van der Waals surface area contributed by atoms with Crippen LogP contribution in [0.5, 0.6) is 0 Å². The molecule has 9 heteroatoms. The van der Waals surface area contributed by atoms with Gasteiger partial charge in [0.25, 0.3) is 15.9 Å². The van der Waals surface area contributed by atoms with Gasteiger partial charge in [-0.05, 0) is 55.3 Å². The van der Waals surface area contributed by atoms with Gasteiger partial charge in [-0.1, -0.05) is 12.1 Å². The van der Waals surface area contributed by atoms with Crippen LogP contribution in [0.2, 0.25) is 0 Å². The van der Waals surface area contributed by atoms with Crippen molar-refractivity contribution in [3.05, 3.63) is 72.6 Å². The predicted octanol–water partition coefficient (Wildman–Crippen LogP) is 2.78. The SMILES string of the molecule is C=CCNC(=O)C1CCCN(C(=O)c2cccc(NS(=O)(=O)c3ccc(F)cc3)c2)C1. The third-order valence-electron chi connectivity index (χ3n) is 4.99. The van der Waals surface area contributed by atoms with Crippen molar-refractivity contribution in [1.82, 2.24) is 10.2 Å². The molecule has 2 amide bonds. The Labute approximate surface area is 181 Å². The maximum absolute atomic E-state index is 13.1. The maximum Gasteiger partial charge on any atom is 0.261 e. The summed E-state index contributed by atoms with van der Waals surface area (Å²) < 4.78 is 40.5. The summed E-state index contributed by atoms with van der Waals surface area (Å²) in [5.74, 6) is -1.22. The largest absolute Gasteiger partial charge is 0.352 e. The van der Waals surface area contributed by atoms with Gasteiger partial charge in [0, 0.05) is 30.9 Å². The molecule has 0 aliphatic carbocycles. The highest BCUT2D eigenvalue weighted by molar-refractivity contribution is 7.92. The Morgan fingerprint density at radius 3 is 2.65 bits per heavy atom. The molecule has 0 spiro atoms. The molecule has 0 saturated carbocycles. The van der Waals surface area contributed by atoms with Crippen molar-refractivity contribution in [3.63, 3.8) is 0 Å². The molecular weight excluding hydrogens is 421 g/mol. The van der Waals surface area contributed by atoms with E-state index in [0.717, 1.165) is 24.3 Å². The predicted molar refractivity (Wildman–Crippen MR) is 115 cm³/mol. The smallest absolute Gasteiger partial charge is 0.261 e. The van der Waals surface area contributed by atoms with Crippen molar-refractivity contribution < 1.29 is 22.4 Å². The average Bonchev–Trinajstić information content (AvgIpc) is 2.77. The normalized spacial score (nSPS) is 16.4. The highest BCUT2D eigenvalue weighted by Crippen LogP contribution is 2.22. The second-order valence-corrected chi connectivity index (χ2v) is 8.95. The summed E-state index contributed by atoms with van der Waals surface area (Å²) in [6, 6.07) is 10.6. The molecule has 0 radical (unpaired) electrons. The van der Waals surface area contributed by atoms with E-state index < -0.39 is 15.8 Å². The van der Waals surface area contributed by atoms with Gasteiger partial charge in [0.05, 0.1) is 10.8 Å². The van der Waals surface area contributed by atoms with Gasteiger partial charge in [-0.3, -0.25) is 14.3 Å². The number of rotatable bonds is 7. The first-order valence-corrected chi connectivity index (χ1v) is 11.3. The van der Waals surface area contributed by atoms with Gasteiger partial charge in [-0.2, -0.15) is 0 Å². The zero-order valence-corrected chi connectivity index (χ0v) is 17.7. The lowest BCUT2D eigenvalue weighted by molar-refractivity contribution is -0.126. The molecular formula is C22H24FN3O4S. The number of carbonyl (C=O) groups is 2. The standard InChI is InChI=1S/C22H24FN3O4S/c1-2-12-24-21(27)17-6-4-13-26(15-17)22(28)16-5-3-7-19(14-16)25-31(29,30)20-10-8-18(23)9-11-20/h2-3,5,7-11,14,17,25H,1,4,6,12-13,15H2,(H,24,27). The molecule has 1 aliphatic heterocycles. The number of hydrogen-bond acceptors (Lipinski definition) is 4. The molecule has 0 bridgehead atoms. The van der Waals surface area contributed by atoms with Crippen LogP contribution in [0.25, 0.3) is 0 Å². The van der Waals surface area contributed by atoms with E-state index in [1.807, 2.05) is 0 Å². The second kappa shape index (κ2) is 9.74. The topological polar surface area (TPSA) is 95.6 Å². The molecule has 7 nitrogen and oxygen atoms in total. The summed E-state index contributed by atoms with van der Waals surface area (Å²) in [6.45, 7) is 4.77. The highest BCUT2D eigenvalue weighted by Gasteiger charge is 2.29. The summed E-state index contributed by atoms with van der Waals surface area (Å²) in [5.41, 5.74) is 0.527. The van der Waals surface area contributed by atoms with Crippen molar-refractivity contribution in [3.8, 4) is 0 Å². The fourth-order valence-electron chi connectivity index (χ4n) is 3.42. The molecule has 2 N–H and O–H groups in total. The number of nitrogens with zero attached hydrogens (tertiary/aromatic N) is 1. The van der Waals surface area contributed by atoms with E-state index in [1.165, 1.54) is 12.1 Å². The van der Waals surface area contributed by atoms with Crippen LogP contribution in [0.1, 0.15) is 23.2 Å². The minimum absolute atomic E-state index is 0.0879. The van der Waals surface area contributed by atoms with Crippen molar-refractivity contribution in [2.75, 3.05) is 24.4 Å². The van der Waals surface area contributed by atoms with E-state index in [0.29, 0.717) is 38.0 Å². The summed E-state index contributed by atoms with van der Waals surface area (Å²) in [4.78, 5) is 26.7. The van der Waals surface area contributed by atoms with Crippen LogP contribution in [0.15, 0.2) is 66.1 Å². The number of sulfonamides is 1. The van der Waals surface area contributed by atoms with Crippen LogP contribution in [0.3, 0.4) is 0 Å². The lowest BCUT2D eigenvalue weighted by Crippen LogP contribution is -2.45. The first kappa shape index (κ1) is 22.5. The Hall–Kier alpha value is -3.20. The fraction of sp³-hybridized carbons (Fsp3) is 0.273. The van der Waals surface area contributed by atoms with E-state index >= 15 is 0 Å². The van der Waals surface area contributed by atoms with Gasteiger partial charge in [0.15, 0.2) is 0 Å². The Bertz CT molecular complexity index is 1070. The molecule has 2 aromatic rings. The van der Waals surface area contributed by atoms with E-state index in [1.54, 1.807) is 23.1 Å². The van der Waals surface area contributed by atoms with Gasteiger partial charge in [-0.15, -0.1) is 6.58 Å². The zero-order chi connectivity index (χ0) is 22.4. The minimum atomic E-state index is -3.93. The van der Waals surface area contributed by atoms with Crippen LogP contribution < -0.4 is 10.0 Å². The number of carbonyl (C=O) groups excluding carboxylic acids is 2. The first-order chi connectivity index (χ1) is 14.8. The van der Waals surface area contributed by atoms with E-state index in [9.17, 15) is 22.4 Å². The molecule has 1 unspecified atom stereocenters. The Balaban J connectivity index is 1.72. The zero-order valence-electron chi connectivity index (χ0n) is 16.9. The Morgan fingerprint density at radius 2 is 1.94 bits per heavy atom. The van der Waals surface area contributed by atoms with E-state index in [2.05, 4.69) is 16.6 Å². The van der Waals surface area contributed by atoms with Gasteiger partial charge < -0.3 is 10.2 Å². The minimum Gasteiger partial charge on any atom is -0.352 e. The molecule has 3 rings (SSSR count). The van der Waals surface area contributed by atoms with Gasteiger partial charge >= 0.3 is 0 Å². The number of hydrogen-bond donors (Lipinski definition) is 2. The van der Waals surface area contributed by atoms with E-state index in [-0.39, 0.29) is 28.3 Å². The molecule has 2 aromatic carbocycles. The summed E-state index contributed by atoms with van der Waals surface area (Å²) in [5, 5.41) is 2.76. The summed E-state index contributed by atoms with van der Waals surface area (Å²) >= 11 is 0. The second-order valence-electron chi connectivity index (χ2n) is 7.26. The van der Waals surface area contributed by atoms with Gasteiger partial charge in [-0.25, -0.2) is 12.8 Å². The van der Waals surface area contributed by atoms with Gasteiger partial charge in [0.1, 0.15) is 5.82 Å². The molecule has 1 heterocycles. The molecule has 1 saturated heterocycles. The maximum atomic E-state index is 13.1. The lowest BCUT2D eigenvalue weighted by atomic mass is 9.96. The van der Waals surface area contributed by atoms with Crippen LogP contribution in [0, 0.1) is 11.7 Å². The number of amides is 2. The van der Waals surface area contributed by atoms with E-state index in [4.69, 9.17) is 0 Å². The van der Waals surface area contributed by atoms with Crippen LogP contribution in [0.4, 0.5) is 10.1 Å². The van der Waals surface area contributed by atoms with Crippen LogP contribution in [-0.4, -0.2) is 44.8 Å². The number of likely N-dealkylation sites (tertiary alicyclic amines) is 1. The monoisotopic (exact) mass is 445 g/mol. The summed E-state index contributed by atoms with van der Waals surface area (Å²) in [6.07, 6.45) is 3.00. The number of halogens is 1. The number of nitrogens with one attached hydrogen (secondary N) is 2. The molecule has 1 aliphatic rings. The number of anilines is 1. The number of benzene rings is 2. The molecule has 1 fully saturated rings. The number of piperidine rings is 1. The van der Waals surface area contributed by atoms with Crippen LogP contribution >= 0.6 is 0 Å². The third-order valence-corrected chi connectivity index (χ3v) is 6.38. The fourth-order valence-corrected chi connectivity index (χ4v) is 4.47. The quantitative estimate of drug-likeness (QED) is 0.641. The van der Waals surface area contributed by atoms with Crippen molar-refractivity contribution >= 4 is 27.5 Å². The van der Waals surface area contributed by atoms with Gasteiger partial charge in [0.2, 0.25) is 5.91 Å². The summed E-state index contributed by atoms with van der Waals surface area (Å²) in [7, 11) is -3.93. The molecule has 1 atom stereocenters.